The van der Waals surface area contributed by atoms with Crippen LogP contribution in [0.3, 0.4) is 0 Å². The molecule has 168 valence electrons. The first-order valence-corrected chi connectivity index (χ1v) is 10.6. The van der Waals surface area contributed by atoms with Crippen molar-refractivity contribution in [3.8, 4) is 11.1 Å². The lowest BCUT2D eigenvalue weighted by Gasteiger charge is -2.16. The van der Waals surface area contributed by atoms with Gasteiger partial charge in [0, 0.05) is 11.9 Å². The average molecular weight is 448 g/mol. The topological polar surface area (TPSA) is 93.3 Å². The lowest BCUT2D eigenvalue weighted by molar-refractivity contribution is 0.0816. The number of nitrogens with one attached hydrogen (secondary N) is 1. The number of halogens is 2. The number of nitrogens with zero attached hydrogens (tertiary/aromatic N) is 2. The second kappa shape index (κ2) is 8.82. The fourth-order valence-electron chi connectivity index (χ4n) is 4.32. The van der Waals surface area contributed by atoms with Crippen molar-refractivity contribution in [2.24, 2.45) is 0 Å². The third-order valence-corrected chi connectivity index (χ3v) is 5.83. The molecule has 0 fully saturated rings. The maximum absolute atomic E-state index is 14.2. The minimum absolute atomic E-state index is 0.0355. The Hall–Kier alpha value is -3.46. The van der Waals surface area contributed by atoms with Gasteiger partial charge in [0.15, 0.2) is 11.6 Å². The van der Waals surface area contributed by atoms with Crippen LogP contribution in [0.5, 0.6) is 0 Å². The number of aliphatic hydroxyl groups is 1. The monoisotopic (exact) mass is 448 g/mol. The Labute approximate surface area is 189 Å². The summed E-state index contributed by atoms with van der Waals surface area (Å²) >= 11 is 0. The first kappa shape index (κ1) is 21.4. The minimum Gasteiger partial charge on any atom is -0.394 e. The lowest BCUT2D eigenvalue weighted by atomic mass is 9.95. The predicted molar refractivity (Wildman–Crippen MR) is 121 cm³/mol. The molecule has 1 atom stereocenters. The van der Waals surface area contributed by atoms with Gasteiger partial charge in [0.1, 0.15) is 0 Å². The van der Waals surface area contributed by atoms with E-state index in [2.05, 4.69) is 27.4 Å². The number of ether oxygens (including phenoxy) is 1. The first-order valence-electron chi connectivity index (χ1n) is 10.6. The smallest absolute Gasteiger partial charge is 0.220 e. The Morgan fingerprint density at radius 2 is 1.88 bits per heavy atom. The second-order valence-electron chi connectivity index (χ2n) is 7.91. The summed E-state index contributed by atoms with van der Waals surface area (Å²) in [4.78, 5) is 8.91. The van der Waals surface area contributed by atoms with Crippen molar-refractivity contribution >= 4 is 16.9 Å². The van der Waals surface area contributed by atoms with Crippen LogP contribution in [0.4, 0.5) is 14.7 Å². The van der Waals surface area contributed by atoms with Gasteiger partial charge >= 0.3 is 0 Å². The highest BCUT2D eigenvalue weighted by atomic mass is 19.2. The van der Waals surface area contributed by atoms with Gasteiger partial charge in [-0.25, -0.2) is 18.7 Å². The van der Waals surface area contributed by atoms with E-state index in [0.717, 1.165) is 28.8 Å². The van der Waals surface area contributed by atoms with E-state index >= 15 is 0 Å². The molecule has 0 saturated carbocycles. The van der Waals surface area contributed by atoms with Gasteiger partial charge in [0.25, 0.3) is 0 Å². The van der Waals surface area contributed by atoms with Crippen LogP contribution >= 0.6 is 0 Å². The quantitative estimate of drug-likeness (QED) is 0.388. The number of nitrogens with two attached hydrogens (primary N) is 1. The third kappa shape index (κ3) is 4.04. The van der Waals surface area contributed by atoms with Crippen LogP contribution in [0.25, 0.3) is 22.0 Å². The summed E-state index contributed by atoms with van der Waals surface area (Å²) in [6, 6.07) is 15.7. The summed E-state index contributed by atoms with van der Waals surface area (Å²) in [5.41, 5.74) is 11.3. The Balaban J connectivity index is 1.65. The maximum atomic E-state index is 14.2. The molecule has 1 aliphatic rings. The Kier molecular flexibility index (Phi) is 5.72. The summed E-state index contributed by atoms with van der Waals surface area (Å²) in [6.07, 6.45) is 0. The highest BCUT2D eigenvalue weighted by molar-refractivity contribution is 5.88. The number of benzene rings is 3. The van der Waals surface area contributed by atoms with Crippen molar-refractivity contribution in [1.29, 1.82) is 0 Å². The molecule has 0 radical (unpaired) electrons. The van der Waals surface area contributed by atoms with Gasteiger partial charge in [-0.3, -0.25) is 0 Å². The van der Waals surface area contributed by atoms with E-state index in [1.54, 1.807) is 12.1 Å². The molecule has 0 spiro atoms. The SMILES string of the molecule is Nc1nc(C2NCc3ccccc32)c2cc(-c3cc(F)c(F)cc3COCCO)ccc2n1. The van der Waals surface area contributed by atoms with Crippen molar-refractivity contribution in [3.63, 3.8) is 0 Å². The number of fused-ring (bicyclic) bond motifs is 2. The van der Waals surface area contributed by atoms with Crippen LogP contribution in [0, 0.1) is 11.6 Å². The molecule has 33 heavy (non-hydrogen) atoms. The molecule has 4 N–H and O–H groups in total. The second-order valence-corrected chi connectivity index (χ2v) is 7.91. The number of rotatable bonds is 6. The minimum atomic E-state index is -0.953. The molecular weight excluding hydrogens is 426 g/mol. The molecule has 6 nitrogen and oxygen atoms in total. The predicted octanol–water partition coefficient (Wildman–Crippen LogP) is 3.86. The number of aromatic nitrogens is 2. The van der Waals surface area contributed by atoms with E-state index in [1.807, 2.05) is 18.2 Å². The Bertz CT molecular complexity index is 1350. The molecule has 0 amide bonds. The molecule has 0 aliphatic carbocycles. The van der Waals surface area contributed by atoms with Crippen LogP contribution in [-0.4, -0.2) is 28.3 Å². The van der Waals surface area contributed by atoms with Crippen molar-refractivity contribution in [3.05, 3.63) is 88.6 Å². The largest absolute Gasteiger partial charge is 0.394 e. The molecule has 0 saturated heterocycles. The molecule has 5 rings (SSSR count). The molecule has 3 aromatic carbocycles. The van der Waals surface area contributed by atoms with Gasteiger partial charge in [-0.2, -0.15) is 0 Å². The number of anilines is 1. The van der Waals surface area contributed by atoms with Crippen LogP contribution in [0.1, 0.15) is 28.4 Å². The number of aliphatic hydroxyl groups excluding tert-OH is 1. The summed E-state index contributed by atoms with van der Waals surface area (Å²) in [5, 5.41) is 13.2. The number of hydrogen-bond acceptors (Lipinski definition) is 6. The van der Waals surface area contributed by atoms with Crippen molar-refractivity contribution in [2.75, 3.05) is 18.9 Å². The highest BCUT2D eigenvalue weighted by Gasteiger charge is 2.26. The lowest BCUT2D eigenvalue weighted by Crippen LogP contribution is -2.16. The van der Waals surface area contributed by atoms with E-state index in [1.165, 1.54) is 5.56 Å². The van der Waals surface area contributed by atoms with Crippen molar-refractivity contribution < 1.29 is 18.6 Å². The molecule has 4 aromatic rings. The summed E-state index contributed by atoms with van der Waals surface area (Å²) in [5.74, 6) is -1.73. The van der Waals surface area contributed by atoms with E-state index in [0.29, 0.717) is 28.8 Å². The molecular formula is C25H22F2N4O2. The highest BCUT2D eigenvalue weighted by Crippen LogP contribution is 2.36. The van der Waals surface area contributed by atoms with E-state index < -0.39 is 11.6 Å². The first-order chi connectivity index (χ1) is 16.0. The van der Waals surface area contributed by atoms with Crippen molar-refractivity contribution in [1.82, 2.24) is 15.3 Å². The van der Waals surface area contributed by atoms with Gasteiger partial charge in [-0.15, -0.1) is 0 Å². The van der Waals surface area contributed by atoms with Crippen LogP contribution < -0.4 is 11.1 Å². The Morgan fingerprint density at radius 3 is 2.73 bits per heavy atom. The van der Waals surface area contributed by atoms with Crippen molar-refractivity contribution in [2.45, 2.75) is 19.2 Å². The fraction of sp³-hybridized carbons (Fsp3) is 0.200. The van der Waals surface area contributed by atoms with Gasteiger partial charge in [0.2, 0.25) is 5.95 Å². The van der Waals surface area contributed by atoms with E-state index in [9.17, 15) is 8.78 Å². The van der Waals surface area contributed by atoms with Crippen LogP contribution in [-0.2, 0) is 17.9 Å². The molecule has 1 aromatic heterocycles. The molecule has 0 bridgehead atoms. The Morgan fingerprint density at radius 1 is 1.06 bits per heavy atom. The zero-order chi connectivity index (χ0) is 22.9. The molecule has 1 aliphatic heterocycles. The maximum Gasteiger partial charge on any atom is 0.220 e. The van der Waals surface area contributed by atoms with Gasteiger partial charge in [0.05, 0.1) is 37.1 Å². The van der Waals surface area contributed by atoms with E-state index in [-0.39, 0.29) is 31.8 Å². The number of hydrogen-bond donors (Lipinski definition) is 3. The summed E-state index contributed by atoms with van der Waals surface area (Å²) < 4.78 is 33.5. The van der Waals surface area contributed by atoms with E-state index in [4.69, 9.17) is 15.6 Å². The van der Waals surface area contributed by atoms with Crippen LogP contribution in [0.15, 0.2) is 54.6 Å². The summed E-state index contributed by atoms with van der Waals surface area (Å²) in [7, 11) is 0. The standard InChI is InChI=1S/C25H22F2N4O2/c26-20-10-16(13-33-8-7-32)18(11-21(20)27)14-5-6-22-19(9-14)24(31-25(28)30-22)23-17-4-2-1-3-15(17)12-29-23/h1-6,9-11,23,29,32H,7-8,12-13H2,(H2,28,30,31). The van der Waals surface area contributed by atoms with Gasteiger partial charge < -0.3 is 20.9 Å². The molecule has 8 heteroatoms. The normalized spacial score (nSPS) is 15.2. The molecule has 1 unspecified atom stereocenters. The number of nitrogen functional groups attached to an aromatic ring is 1. The fourth-order valence-corrected chi connectivity index (χ4v) is 4.32. The zero-order valence-electron chi connectivity index (χ0n) is 17.7. The average Bonchev–Trinajstić information content (AvgIpc) is 3.24. The van der Waals surface area contributed by atoms with Crippen LogP contribution in [0.2, 0.25) is 0 Å². The van der Waals surface area contributed by atoms with Gasteiger partial charge in [-0.1, -0.05) is 30.3 Å². The third-order valence-electron chi connectivity index (χ3n) is 5.83. The zero-order valence-corrected chi connectivity index (χ0v) is 17.7. The summed E-state index contributed by atoms with van der Waals surface area (Å²) in [6.45, 7) is 0.683. The van der Waals surface area contributed by atoms with Gasteiger partial charge in [-0.05, 0) is 52.1 Å². The molecule has 2 heterocycles.